The van der Waals surface area contributed by atoms with Gasteiger partial charge in [0.15, 0.2) is 0 Å². The Labute approximate surface area is 136 Å². The number of hydrogen-bond donors (Lipinski definition) is 1. The van der Waals surface area contributed by atoms with Crippen LogP contribution in [0, 0.1) is 5.82 Å². The minimum absolute atomic E-state index is 0.0363. The van der Waals surface area contributed by atoms with Gasteiger partial charge in [-0.05, 0) is 32.0 Å². The van der Waals surface area contributed by atoms with Gasteiger partial charge in [0, 0.05) is 17.7 Å². The molecule has 0 amide bonds. The van der Waals surface area contributed by atoms with Crippen molar-refractivity contribution in [2.45, 2.75) is 51.0 Å². The molecular weight excluding hydrogens is 317 g/mol. The van der Waals surface area contributed by atoms with Gasteiger partial charge in [-0.25, -0.2) is 12.8 Å². The van der Waals surface area contributed by atoms with Crippen molar-refractivity contribution in [2.24, 2.45) is 0 Å². The average molecular weight is 339 g/mol. The molecule has 2 rings (SSSR count). The minimum Gasteiger partial charge on any atom is -0.279 e. The van der Waals surface area contributed by atoms with Gasteiger partial charge in [0.05, 0.1) is 11.4 Å². The number of rotatable bonds is 4. The van der Waals surface area contributed by atoms with Gasteiger partial charge >= 0.3 is 0 Å². The summed E-state index contributed by atoms with van der Waals surface area (Å²) in [6.45, 7) is 9.56. The molecule has 0 unspecified atom stereocenters. The van der Waals surface area contributed by atoms with Gasteiger partial charge in [-0.2, -0.15) is 5.10 Å². The third-order valence-electron chi connectivity index (χ3n) is 3.30. The van der Waals surface area contributed by atoms with Crippen LogP contribution in [0.3, 0.4) is 0 Å². The van der Waals surface area contributed by atoms with Crippen LogP contribution in [0.2, 0.25) is 0 Å². The number of anilines is 1. The fourth-order valence-corrected chi connectivity index (χ4v) is 3.51. The standard InChI is InChI=1S/C16H22FN3O2S/c1-11(2)20-10-14(15(18-20)16(3,4)5)23(21,22)19-13-8-6-7-12(17)9-13/h6-11,19H,1-5H3. The molecule has 0 saturated heterocycles. The second-order valence-electron chi connectivity index (χ2n) is 6.78. The van der Waals surface area contributed by atoms with Crippen LogP contribution in [0.25, 0.3) is 0 Å². The molecule has 23 heavy (non-hydrogen) atoms. The summed E-state index contributed by atoms with van der Waals surface area (Å²) in [7, 11) is -3.86. The maximum absolute atomic E-state index is 13.3. The van der Waals surface area contributed by atoms with Crippen LogP contribution in [0.1, 0.15) is 46.4 Å². The molecule has 1 aromatic heterocycles. The van der Waals surface area contributed by atoms with E-state index in [1.807, 2.05) is 34.6 Å². The Morgan fingerprint density at radius 3 is 2.43 bits per heavy atom. The van der Waals surface area contributed by atoms with Crippen LogP contribution in [0.15, 0.2) is 35.4 Å². The molecule has 0 bridgehead atoms. The van der Waals surface area contributed by atoms with Crippen molar-refractivity contribution >= 4 is 15.7 Å². The van der Waals surface area contributed by atoms with Crippen molar-refractivity contribution in [1.29, 1.82) is 0 Å². The monoisotopic (exact) mass is 339 g/mol. The van der Waals surface area contributed by atoms with E-state index < -0.39 is 21.3 Å². The number of halogens is 1. The fourth-order valence-electron chi connectivity index (χ4n) is 2.12. The predicted octanol–water partition coefficient (Wildman–Crippen LogP) is 3.70. The summed E-state index contributed by atoms with van der Waals surface area (Å²) < 4.78 is 42.8. The van der Waals surface area contributed by atoms with Crippen molar-refractivity contribution < 1.29 is 12.8 Å². The first-order valence-electron chi connectivity index (χ1n) is 7.39. The highest BCUT2D eigenvalue weighted by molar-refractivity contribution is 7.92. The van der Waals surface area contributed by atoms with E-state index >= 15 is 0 Å². The number of sulfonamides is 1. The Bertz CT molecular complexity index is 805. The molecule has 2 aromatic rings. The van der Waals surface area contributed by atoms with Crippen LogP contribution in [0.5, 0.6) is 0 Å². The van der Waals surface area contributed by atoms with E-state index in [-0.39, 0.29) is 16.6 Å². The van der Waals surface area contributed by atoms with E-state index in [0.717, 1.165) is 6.07 Å². The van der Waals surface area contributed by atoms with E-state index in [0.29, 0.717) is 5.69 Å². The van der Waals surface area contributed by atoms with Gasteiger partial charge in [0.25, 0.3) is 10.0 Å². The third kappa shape index (κ3) is 3.90. The van der Waals surface area contributed by atoms with E-state index in [1.54, 1.807) is 4.68 Å². The number of nitrogens with one attached hydrogen (secondary N) is 1. The second-order valence-corrected chi connectivity index (χ2v) is 8.43. The van der Waals surface area contributed by atoms with Gasteiger partial charge < -0.3 is 0 Å². The molecule has 0 aliphatic heterocycles. The lowest BCUT2D eigenvalue weighted by molar-refractivity contribution is 0.493. The Morgan fingerprint density at radius 1 is 1.26 bits per heavy atom. The normalized spacial score (nSPS) is 12.7. The van der Waals surface area contributed by atoms with Gasteiger partial charge in [-0.1, -0.05) is 26.8 Å². The molecule has 0 spiro atoms. The average Bonchev–Trinajstić information content (AvgIpc) is 2.83. The summed E-state index contributed by atoms with van der Waals surface area (Å²) >= 11 is 0. The van der Waals surface area contributed by atoms with Crippen LogP contribution in [-0.4, -0.2) is 18.2 Å². The molecular formula is C16H22FN3O2S. The summed E-state index contributed by atoms with van der Waals surface area (Å²) in [4.78, 5) is 0.114. The van der Waals surface area contributed by atoms with Crippen molar-refractivity contribution in [2.75, 3.05) is 4.72 Å². The topological polar surface area (TPSA) is 64.0 Å². The first-order valence-corrected chi connectivity index (χ1v) is 8.87. The zero-order chi connectivity index (χ0) is 17.4. The molecule has 0 saturated carbocycles. The number of hydrogen-bond acceptors (Lipinski definition) is 3. The van der Waals surface area contributed by atoms with Crippen LogP contribution >= 0.6 is 0 Å². The minimum atomic E-state index is -3.86. The molecule has 7 heteroatoms. The molecule has 0 radical (unpaired) electrons. The van der Waals surface area contributed by atoms with Crippen molar-refractivity contribution in [1.82, 2.24) is 9.78 Å². The Hall–Kier alpha value is -1.89. The molecule has 126 valence electrons. The summed E-state index contributed by atoms with van der Waals surface area (Å²) in [5, 5.41) is 4.43. The Morgan fingerprint density at radius 2 is 1.91 bits per heavy atom. The summed E-state index contributed by atoms with van der Waals surface area (Å²) in [5.74, 6) is -0.501. The lowest BCUT2D eigenvalue weighted by Gasteiger charge is -2.18. The molecule has 1 aromatic carbocycles. The van der Waals surface area contributed by atoms with Crippen molar-refractivity contribution in [3.05, 3.63) is 42.0 Å². The van der Waals surface area contributed by atoms with E-state index in [2.05, 4.69) is 9.82 Å². The SMILES string of the molecule is CC(C)n1cc(S(=O)(=O)Nc2cccc(F)c2)c(C(C)(C)C)n1. The van der Waals surface area contributed by atoms with Crippen LogP contribution in [0.4, 0.5) is 10.1 Å². The largest absolute Gasteiger partial charge is 0.279 e. The number of benzene rings is 1. The highest BCUT2D eigenvalue weighted by Crippen LogP contribution is 2.30. The number of aromatic nitrogens is 2. The van der Waals surface area contributed by atoms with Crippen LogP contribution < -0.4 is 4.72 Å². The Kier molecular flexibility index (Phi) is 4.52. The summed E-state index contributed by atoms with van der Waals surface area (Å²) in [6, 6.07) is 5.39. The van der Waals surface area contributed by atoms with Gasteiger partial charge in [-0.3, -0.25) is 9.40 Å². The van der Waals surface area contributed by atoms with E-state index in [9.17, 15) is 12.8 Å². The molecule has 0 aliphatic rings. The molecule has 1 N–H and O–H groups in total. The van der Waals surface area contributed by atoms with Crippen LogP contribution in [-0.2, 0) is 15.4 Å². The predicted molar refractivity (Wildman–Crippen MR) is 88.5 cm³/mol. The molecule has 5 nitrogen and oxygen atoms in total. The molecule has 0 atom stereocenters. The lowest BCUT2D eigenvalue weighted by atomic mass is 9.92. The maximum Gasteiger partial charge on any atom is 0.265 e. The first kappa shape index (κ1) is 17.5. The molecule has 1 heterocycles. The van der Waals surface area contributed by atoms with Gasteiger partial charge in [0.1, 0.15) is 10.7 Å². The summed E-state index contributed by atoms with van der Waals surface area (Å²) in [5.41, 5.74) is 0.226. The number of nitrogens with zero attached hydrogens (tertiary/aromatic N) is 2. The summed E-state index contributed by atoms with van der Waals surface area (Å²) in [6.07, 6.45) is 1.52. The highest BCUT2D eigenvalue weighted by atomic mass is 32.2. The Balaban J connectivity index is 2.50. The second kappa shape index (κ2) is 5.96. The van der Waals surface area contributed by atoms with Gasteiger partial charge in [-0.15, -0.1) is 0 Å². The fraction of sp³-hybridized carbons (Fsp3) is 0.438. The van der Waals surface area contributed by atoms with E-state index in [4.69, 9.17) is 0 Å². The van der Waals surface area contributed by atoms with Crippen molar-refractivity contribution in [3.8, 4) is 0 Å². The zero-order valence-corrected chi connectivity index (χ0v) is 14.8. The first-order chi connectivity index (χ1) is 10.5. The highest BCUT2D eigenvalue weighted by Gasteiger charge is 2.30. The molecule has 0 aliphatic carbocycles. The molecule has 0 fully saturated rings. The lowest BCUT2D eigenvalue weighted by Crippen LogP contribution is -2.20. The smallest absolute Gasteiger partial charge is 0.265 e. The van der Waals surface area contributed by atoms with E-state index in [1.165, 1.54) is 24.4 Å². The van der Waals surface area contributed by atoms with Crippen molar-refractivity contribution in [3.63, 3.8) is 0 Å². The third-order valence-corrected chi connectivity index (χ3v) is 4.69. The van der Waals surface area contributed by atoms with Gasteiger partial charge in [0.2, 0.25) is 0 Å². The maximum atomic E-state index is 13.3. The quantitative estimate of drug-likeness (QED) is 0.924. The zero-order valence-electron chi connectivity index (χ0n) is 14.0.